The van der Waals surface area contributed by atoms with E-state index in [0.29, 0.717) is 5.69 Å². The van der Waals surface area contributed by atoms with E-state index in [1.165, 1.54) is 12.1 Å². The maximum Gasteiger partial charge on any atom is 0.270 e. The predicted octanol–water partition coefficient (Wildman–Crippen LogP) is 3.70. The Morgan fingerprint density at radius 3 is 2.50 bits per heavy atom. The number of rotatable bonds is 4. The van der Waals surface area contributed by atoms with Gasteiger partial charge in [-0.25, -0.2) is 8.78 Å². The fraction of sp³-hybridized carbons (Fsp3) is 0.524. The number of nitrogens with one attached hydrogen (secondary N) is 1. The van der Waals surface area contributed by atoms with Crippen LogP contribution in [-0.2, 0) is 19.9 Å². The van der Waals surface area contributed by atoms with Crippen LogP contribution in [0.3, 0.4) is 0 Å². The van der Waals surface area contributed by atoms with Crippen LogP contribution in [0, 0.1) is 11.6 Å². The lowest BCUT2D eigenvalue weighted by Gasteiger charge is -2.29. The predicted molar refractivity (Wildman–Crippen MR) is 100 cm³/mol. The third-order valence-electron chi connectivity index (χ3n) is 5.68. The van der Waals surface area contributed by atoms with Gasteiger partial charge in [0.15, 0.2) is 0 Å². The molecule has 1 N–H and O–H groups in total. The van der Waals surface area contributed by atoms with Crippen LogP contribution in [0.4, 0.5) is 8.78 Å². The second-order valence-electron chi connectivity index (χ2n) is 7.77. The first-order valence-electron chi connectivity index (χ1n) is 9.98. The first kappa shape index (κ1) is 18.9. The molecule has 0 aliphatic heterocycles. The van der Waals surface area contributed by atoms with Crippen molar-refractivity contribution in [1.82, 2.24) is 15.1 Å². The number of fused-ring (bicyclic) bond motifs is 1. The quantitative estimate of drug-likeness (QED) is 0.868. The second kappa shape index (κ2) is 7.89. The molecule has 0 bridgehead atoms. The van der Waals surface area contributed by atoms with Gasteiger partial charge in [-0.15, -0.1) is 0 Å². The third-order valence-corrected chi connectivity index (χ3v) is 5.68. The van der Waals surface area contributed by atoms with Crippen LogP contribution in [-0.4, -0.2) is 27.8 Å². The van der Waals surface area contributed by atoms with E-state index in [-0.39, 0.29) is 23.8 Å². The van der Waals surface area contributed by atoms with Gasteiger partial charge < -0.3 is 10.1 Å². The summed E-state index contributed by atoms with van der Waals surface area (Å²) >= 11 is 0. The number of carbonyl (C=O) groups is 1. The Morgan fingerprint density at radius 1 is 1.11 bits per heavy atom. The van der Waals surface area contributed by atoms with Crippen molar-refractivity contribution >= 4 is 5.91 Å². The summed E-state index contributed by atoms with van der Waals surface area (Å²) in [5.41, 5.74) is 2.83. The summed E-state index contributed by atoms with van der Waals surface area (Å²) in [7, 11) is 1.83. The Balaban J connectivity index is 1.33. The molecule has 5 nitrogen and oxygen atoms in total. The van der Waals surface area contributed by atoms with Gasteiger partial charge in [0.1, 0.15) is 23.1 Å². The van der Waals surface area contributed by atoms with Crippen molar-refractivity contribution < 1.29 is 18.3 Å². The molecular weight excluding hydrogens is 364 g/mol. The topological polar surface area (TPSA) is 56.2 Å². The molecule has 0 spiro atoms. The molecule has 1 heterocycles. The minimum absolute atomic E-state index is 0.0604. The fourth-order valence-corrected chi connectivity index (χ4v) is 4.33. The average molecular weight is 389 g/mol. The van der Waals surface area contributed by atoms with Crippen LogP contribution < -0.4 is 10.1 Å². The van der Waals surface area contributed by atoms with Crippen molar-refractivity contribution in [2.24, 2.45) is 7.05 Å². The number of benzene rings is 1. The van der Waals surface area contributed by atoms with Crippen LogP contribution in [0.15, 0.2) is 18.2 Å². The summed E-state index contributed by atoms with van der Waals surface area (Å²) in [4.78, 5) is 12.8. The van der Waals surface area contributed by atoms with Gasteiger partial charge in [0, 0.05) is 36.9 Å². The van der Waals surface area contributed by atoms with Gasteiger partial charge in [0.2, 0.25) is 0 Å². The second-order valence-corrected chi connectivity index (χ2v) is 7.77. The summed E-state index contributed by atoms with van der Waals surface area (Å²) in [5, 5.41) is 7.65. The van der Waals surface area contributed by atoms with E-state index in [1.807, 2.05) is 7.05 Å². The van der Waals surface area contributed by atoms with Crippen LogP contribution in [0.2, 0.25) is 0 Å². The monoisotopic (exact) mass is 389 g/mol. The Labute approximate surface area is 163 Å². The first-order valence-corrected chi connectivity index (χ1v) is 9.98. The van der Waals surface area contributed by atoms with E-state index in [0.717, 1.165) is 68.7 Å². The van der Waals surface area contributed by atoms with Gasteiger partial charge in [-0.3, -0.25) is 9.48 Å². The lowest BCUT2D eigenvalue weighted by atomic mass is 9.92. The molecule has 1 aromatic carbocycles. The van der Waals surface area contributed by atoms with E-state index in [1.54, 1.807) is 4.68 Å². The standard InChI is InChI=1S/C21H25F2N3O2/c1-26-20(18-4-2-3-5-19(18)25-26)21(27)24-15-6-8-16(9-7-15)28-17-11-13(22)10-14(23)12-17/h10-12,15-16H,2-9H2,1H3,(H,24,27). The molecule has 0 saturated heterocycles. The molecule has 1 amide bonds. The smallest absolute Gasteiger partial charge is 0.270 e. The van der Waals surface area contributed by atoms with Crippen molar-refractivity contribution in [3.63, 3.8) is 0 Å². The Bertz CT molecular complexity index is 853. The summed E-state index contributed by atoms with van der Waals surface area (Å²) in [5.74, 6) is -1.13. The van der Waals surface area contributed by atoms with Crippen LogP contribution in [0.1, 0.15) is 60.3 Å². The van der Waals surface area contributed by atoms with E-state index >= 15 is 0 Å². The van der Waals surface area contributed by atoms with E-state index in [9.17, 15) is 13.6 Å². The lowest BCUT2D eigenvalue weighted by Crippen LogP contribution is -2.40. The zero-order valence-corrected chi connectivity index (χ0v) is 16.0. The highest BCUT2D eigenvalue weighted by Crippen LogP contribution is 2.27. The highest BCUT2D eigenvalue weighted by atomic mass is 19.1. The third kappa shape index (κ3) is 4.03. The Morgan fingerprint density at radius 2 is 1.79 bits per heavy atom. The molecule has 1 saturated carbocycles. The number of hydrogen-bond acceptors (Lipinski definition) is 3. The molecule has 2 aliphatic carbocycles. The molecule has 28 heavy (non-hydrogen) atoms. The number of carbonyl (C=O) groups excluding carboxylic acids is 1. The van der Waals surface area contributed by atoms with Crippen molar-refractivity contribution in [1.29, 1.82) is 0 Å². The van der Waals surface area contributed by atoms with Crippen molar-refractivity contribution in [2.45, 2.75) is 63.5 Å². The molecule has 2 aromatic rings. The zero-order valence-electron chi connectivity index (χ0n) is 16.0. The molecule has 4 rings (SSSR count). The maximum atomic E-state index is 13.3. The summed E-state index contributed by atoms with van der Waals surface area (Å²) in [6.45, 7) is 0. The van der Waals surface area contributed by atoms with Crippen molar-refractivity contribution in [3.8, 4) is 5.75 Å². The summed E-state index contributed by atoms with van der Waals surface area (Å²) < 4.78 is 34.0. The Kier molecular flexibility index (Phi) is 5.33. The van der Waals surface area contributed by atoms with Crippen LogP contribution in [0.25, 0.3) is 0 Å². The van der Waals surface area contributed by atoms with Gasteiger partial charge in [-0.1, -0.05) is 0 Å². The van der Waals surface area contributed by atoms with Crippen LogP contribution >= 0.6 is 0 Å². The number of hydrogen-bond donors (Lipinski definition) is 1. The van der Waals surface area contributed by atoms with Gasteiger partial charge in [-0.2, -0.15) is 5.10 Å². The number of aryl methyl sites for hydroxylation is 2. The molecule has 0 radical (unpaired) electrons. The van der Waals surface area contributed by atoms with E-state index in [2.05, 4.69) is 10.4 Å². The SMILES string of the molecule is Cn1nc2c(c1C(=O)NC1CCC(Oc3cc(F)cc(F)c3)CC1)CCCC2. The molecule has 7 heteroatoms. The lowest BCUT2D eigenvalue weighted by molar-refractivity contribution is 0.0883. The van der Waals surface area contributed by atoms with Gasteiger partial charge >= 0.3 is 0 Å². The van der Waals surface area contributed by atoms with Gasteiger partial charge in [0.25, 0.3) is 5.91 Å². The van der Waals surface area contributed by atoms with Gasteiger partial charge in [-0.05, 0) is 51.4 Å². The first-order chi connectivity index (χ1) is 13.5. The number of aromatic nitrogens is 2. The molecule has 1 fully saturated rings. The molecule has 2 aliphatic rings. The van der Waals surface area contributed by atoms with Crippen molar-refractivity contribution in [2.75, 3.05) is 0 Å². The summed E-state index contributed by atoms with van der Waals surface area (Å²) in [6, 6.07) is 3.30. The maximum absolute atomic E-state index is 13.3. The molecular formula is C21H25F2N3O2. The molecule has 0 unspecified atom stereocenters. The number of ether oxygens (including phenoxy) is 1. The van der Waals surface area contributed by atoms with Gasteiger partial charge in [0.05, 0.1) is 11.8 Å². The van der Waals surface area contributed by atoms with E-state index in [4.69, 9.17) is 4.74 Å². The molecule has 1 aromatic heterocycles. The zero-order chi connectivity index (χ0) is 19.7. The average Bonchev–Trinajstić information content (AvgIpc) is 2.98. The minimum atomic E-state index is -0.643. The van der Waals surface area contributed by atoms with E-state index < -0.39 is 11.6 Å². The fourth-order valence-electron chi connectivity index (χ4n) is 4.33. The highest BCUT2D eigenvalue weighted by Gasteiger charge is 2.28. The number of amides is 1. The minimum Gasteiger partial charge on any atom is -0.490 e. The molecule has 150 valence electrons. The normalized spacial score (nSPS) is 21.8. The van der Waals surface area contributed by atoms with Crippen molar-refractivity contribution in [3.05, 3.63) is 46.8 Å². The molecule has 0 atom stereocenters. The number of halogens is 2. The largest absolute Gasteiger partial charge is 0.490 e. The summed E-state index contributed by atoms with van der Waals surface area (Å²) in [6.07, 6.45) is 6.99. The van der Waals surface area contributed by atoms with Crippen LogP contribution in [0.5, 0.6) is 5.75 Å². The highest BCUT2D eigenvalue weighted by molar-refractivity contribution is 5.94. The number of nitrogens with zero attached hydrogens (tertiary/aromatic N) is 2. The Hall–Kier alpha value is -2.44.